The normalized spacial score (nSPS) is 56.8. The molecule has 0 aromatic heterocycles. The Morgan fingerprint density at radius 2 is 1.62 bits per heavy atom. The maximum Gasteiger partial charge on any atom is 0.293 e. The van der Waals surface area contributed by atoms with Crippen LogP contribution in [-0.4, -0.2) is 66.8 Å². The van der Waals surface area contributed by atoms with Crippen molar-refractivity contribution in [2.75, 3.05) is 40.4 Å². The summed E-state index contributed by atoms with van der Waals surface area (Å²) in [6, 6.07) is 0. The third-order valence-corrected chi connectivity index (χ3v) is 4.67. The molecule has 0 aliphatic carbocycles. The molecule has 4 fully saturated rings. The second-order valence-electron chi connectivity index (χ2n) is 4.41. The summed E-state index contributed by atoms with van der Waals surface area (Å²) in [7, 11) is -1.000. The van der Waals surface area contributed by atoms with Gasteiger partial charge in [0.2, 0.25) is 0 Å². The minimum Gasteiger partial charge on any atom is -0.287 e. The van der Waals surface area contributed by atoms with Gasteiger partial charge in [-0.1, -0.05) is 0 Å². The molecule has 4 saturated heterocycles. The molecular weight excluding hydrogens is 192 g/mol. The Balaban J connectivity index is 2.08. The minimum absolute atomic E-state index is 0.576. The standard InChI is InChI=1S/C6H13N4O2S/c1-10-4-7-2-8(5-10)13(11,12)9(3-7)6-10/h2-6H2,1H3/q+1. The second-order valence-corrected chi connectivity index (χ2v) is 6.34. The van der Waals surface area contributed by atoms with Crippen LogP contribution in [0, 0.1) is 0 Å². The molecular formula is C6H13N4O2S+. The van der Waals surface area contributed by atoms with E-state index in [4.69, 9.17) is 0 Å². The maximum absolute atomic E-state index is 11.7. The number of quaternary nitrogens is 1. The third kappa shape index (κ3) is 0.934. The summed E-state index contributed by atoms with van der Waals surface area (Å²) >= 11 is 0. The van der Waals surface area contributed by atoms with Crippen molar-refractivity contribution in [3.8, 4) is 0 Å². The highest BCUT2D eigenvalue weighted by Gasteiger charge is 2.54. The van der Waals surface area contributed by atoms with Gasteiger partial charge in [0.1, 0.15) is 6.67 Å². The van der Waals surface area contributed by atoms with Crippen molar-refractivity contribution in [1.29, 1.82) is 0 Å². The molecule has 4 aliphatic rings. The van der Waals surface area contributed by atoms with Gasteiger partial charge in [-0.05, 0) is 0 Å². The quantitative estimate of drug-likeness (QED) is 0.448. The van der Waals surface area contributed by atoms with Gasteiger partial charge in [-0.25, -0.2) is 4.90 Å². The first-order chi connectivity index (χ1) is 6.00. The van der Waals surface area contributed by atoms with Crippen LogP contribution in [-0.2, 0) is 10.2 Å². The molecule has 4 bridgehead atoms. The summed E-state index contributed by atoms with van der Waals surface area (Å²) in [6.07, 6.45) is 0. The van der Waals surface area contributed by atoms with Gasteiger partial charge in [0, 0.05) is 0 Å². The molecule has 2 atom stereocenters. The van der Waals surface area contributed by atoms with Gasteiger partial charge in [0.05, 0.1) is 20.4 Å². The number of nitrogens with zero attached hydrogens (tertiary/aromatic N) is 4. The SMILES string of the molecule is C[N+]12CN3CN(C1)S(=O)(=O)N(C3)C2. The molecule has 7 heteroatoms. The van der Waals surface area contributed by atoms with Crippen molar-refractivity contribution in [1.82, 2.24) is 13.5 Å². The Bertz CT molecular complexity index is 332. The number of hydrogen-bond acceptors (Lipinski definition) is 3. The molecule has 13 heavy (non-hydrogen) atoms. The van der Waals surface area contributed by atoms with E-state index in [1.165, 1.54) is 0 Å². The van der Waals surface area contributed by atoms with Crippen molar-refractivity contribution in [2.45, 2.75) is 0 Å². The number of hydrogen-bond donors (Lipinski definition) is 0. The molecule has 0 radical (unpaired) electrons. The van der Waals surface area contributed by atoms with E-state index >= 15 is 0 Å². The van der Waals surface area contributed by atoms with Crippen molar-refractivity contribution >= 4 is 10.2 Å². The molecule has 0 aromatic carbocycles. The van der Waals surface area contributed by atoms with Gasteiger partial charge in [0.15, 0.2) is 13.3 Å². The Labute approximate surface area is 77.7 Å². The van der Waals surface area contributed by atoms with E-state index in [-0.39, 0.29) is 0 Å². The summed E-state index contributed by atoms with van der Waals surface area (Å²) < 4.78 is 27.4. The van der Waals surface area contributed by atoms with Crippen LogP contribution in [0.15, 0.2) is 0 Å². The van der Waals surface area contributed by atoms with Gasteiger partial charge in [0.25, 0.3) is 10.2 Å². The van der Waals surface area contributed by atoms with Crippen LogP contribution >= 0.6 is 0 Å². The predicted molar refractivity (Wildman–Crippen MR) is 45.0 cm³/mol. The van der Waals surface area contributed by atoms with Crippen molar-refractivity contribution in [3.63, 3.8) is 0 Å². The highest BCUT2D eigenvalue weighted by molar-refractivity contribution is 7.86. The minimum atomic E-state index is -3.10. The zero-order valence-electron chi connectivity index (χ0n) is 7.55. The van der Waals surface area contributed by atoms with Gasteiger partial charge in [-0.15, -0.1) is 8.61 Å². The van der Waals surface area contributed by atoms with E-state index in [2.05, 4.69) is 11.9 Å². The van der Waals surface area contributed by atoms with Crippen molar-refractivity contribution in [3.05, 3.63) is 0 Å². The van der Waals surface area contributed by atoms with Gasteiger partial charge in [-0.2, -0.15) is 8.42 Å². The van der Waals surface area contributed by atoms with E-state index in [0.717, 1.165) is 11.2 Å². The summed E-state index contributed by atoms with van der Waals surface area (Å²) in [5.74, 6) is 0. The average molecular weight is 205 g/mol. The van der Waals surface area contributed by atoms with Crippen LogP contribution in [0.1, 0.15) is 0 Å². The fraction of sp³-hybridized carbons (Fsp3) is 1.00. The lowest BCUT2D eigenvalue weighted by molar-refractivity contribution is -0.952. The molecule has 0 spiro atoms. The summed E-state index contributed by atoms with van der Waals surface area (Å²) in [5, 5.41) is 0. The van der Waals surface area contributed by atoms with Gasteiger partial charge in [-0.3, -0.25) is 4.48 Å². The van der Waals surface area contributed by atoms with Crippen LogP contribution in [0.3, 0.4) is 0 Å². The van der Waals surface area contributed by atoms with Gasteiger partial charge >= 0.3 is 0 Å². The van der Waals surface area contributed by atoms with Gasteiger partial charge < -0.3 is 0 Å². The average Bonchev–Trinajstić information content (AvgIpc) is 1.97. The van der Waals surface area contributed by atoms with E-state index in [1.54, 1.807) is 8.61 Å². The molecule has 2 unspecified atom stereocenters. The zero-order valence-corrected chi connectivity index (χ0v) is 8.37. The van der Waals surface area contributed by atoms with Crippen LogP contribution in [0.5, 0.6) is 0 Å². The maximum atomic E-state index is 11.7. The van der Waals surface area contributed by atoms with Crippen LogP contribution in [0.2, 0.25) is 0 Å². The van der Waals surface area contributed by atoms with Crippen molar-refractivity contribution < 1.29 is 12.9 Å². The Morgan fingerprint density at radius 3 is 2.08 bits per heavy atom. The lowest BCUT2D eigenvalue weighted by Crippen LogP contribution is -2.79. The first-order valence-corrected chi connectivity index (χ1v) is 5.70. The first-order valence-electron chi connectivity index (χ1n) is 4.31. The molecule has 0 aromatic rings. The lowest BCUT2D eigenvalue weighted by atomic mass is 10.4. The lowest BCUT2D eigenvalue weighted by Gasteiger charge is -2.57. The summed E-state index contributed by atoms with van der Waals surface area (Å²) in [6.45, 7) is 3.40. The fourth-order valence-electron chi connectivity index (χ4n) is 2.50. The smallest absolute Gasteiger partial charge is 0.287 e. The second kappa shape index (κ2) is 2.06. The van der Waals surface area contributed by atoms with E-state index in [1.807, 2.05) is 0 Å². The van der Waals surface area contributed by atoms with Crippen molar-refractivity contribution in [2.24, 2.45) is 0 Å². The van der Waals surface area contributed by atoms with Crippen LogP contribution in [0.4, 0.5) is 0 Å². The monoisotopic (exact) mass is 205 g/mol. The van der Waals surface area contributed by atoms with Crippen LogP contribution in [0.25, 0.3) is 0 Å². The topological polar surface area (TPSA) is 43.9 Å². The molecule has 4 rings (SSSR count). The Hall–Kier alpha value is -0.210. The first kappa shape index (κ1) is 8.13. The summed E-state index contributed by atoms with van der Waals surface area (Å²) in [5.41, 5.74) is 0. The van der Waals surface area contributed by atoms with Crippen LogP contribution < -0.4 is 0 Å². The fourth-order valence-corrected chi connectivity index (χ4v) is 4.30. The molecule has 0 amide bonds. The Morgan fingerprint density at radius 1 is 1.08 bits per heavy atom. The molecule has 4 heterocycles. The molecule has 0 saturated carbocycles. The predicted octanol–water partition coefficient (Wildman–Crippen LogP) is -1.59. The van der Waals surface area contributed by atoms with E-state index < -0.39 is 10.2 Å². The molecule has 6 nitrogen and oxygen atoms in total. The van der Waals surface area contributed by atoms with E-state index in [9.17, 15) is 8.42 Å². The third-order valence-electron chi connectivity index (χ3n) is 2.91. The van der Waals surface area contributed by atoms with E-state index in [0.29, 0.717) is 26.7 Å². The zero-order chi connectivity index (χ0) is 9.27. The number of rotatable bonds is 0. The highest BCUT2D eigenvalue weighted by atomic mass is 32.2. The Kier molecular flexibility index (Phi) is 1.29. The summed E-state index contributed by atoms with van der Waals surface area (Å²) in [4.78, 5) is 2.16. The highest BCUT2D eigenvalue weighted by Crippen LogP contribution is 2.31. The molecule has 74 valence electrons. The molecule has 0 N–H and O–H groups in total. The largest absolute Gasteiger partial charge is 0.293 e. The molecule has 4 aliphatic heterocycles.